The highest BCUT2D eigenvalue weighted by molar-refractivity contribution is 7.15. The molecule has 1 aromatic carbocycles. The Balaban J connectivity index is 1.79. The van der Waals surface area contributed by atoms with E-state index in [1.165, 1.54) is 0 Å². The maximum atomic E-state index is 9.40. The topological polar surface area (TPSA) is 59.2 Å². The number of hydrogen-bond donors (Lipinski definition) is 1. The predicted octanol–water partition coefficient (Wildman–Crippen LogP) is 2.41. The molecule has 0 aliphatic carbocycles. The van der Waals surface area contributed by atoms with Crippen LogP contribution in [0.15, 0.2) is 36.0 Å². The summed E-state index contributed by atoms with van der Waals surface area (Å²) in [5, 5.41) is 11.4. The number of rotatable bonds is 8. The number of aromatic nitrogens is 2. The molecule has 0 amide bonds. The van der Waals surface area contributed by atoms with Crippen LogP contribution in [0.2, 0.25) is 0 Å². The molecule has 0 radical (unpaired) electrons. The Kier molecular flexibility index (Phi) is 5.34. The summed E-state index contributed by atoms with van der Waals surface area (Å²) in [6.45, 7) is 1.96. The van der Waals surface area contributed by atoms with E-state index in [2.05, 4.69) is 9.88 Å². The summed E-state index contributed by atoms with van der Waals surface area (Å²) in [7, 11) is 3.31. The molecule has 3 rings (SSSR count). The Morgan fingerprint density at radius 2 is 2.12 bits per heavy atom. The molecule has 24 heavy (non-hydrogen) atoms. The first-order valence-electron chi connectivity index (χ1n) is 7.68. The lowest BCUT2D eigenvalue weighted by atomic mass is 10.1. The van der Waals surface area contributed by atoms with Gasteiger partial charge in [-0.3, -0.25) is 9.30 Å². The van der Waals surface area contributed by atoms with Gasteiger partial charge in [0.25, 0.3) is 0 Å². The van der Waals surface area contributed by atoms with Crippen molar-refractivity contribution in [2.75, 3.05) is 27.4 Å². The largest absolute Gasteiger partial charge is 0.497 e. The molecule has 0 aliphatic heterocycles. The minimum Gasteiger partial charge on any atom is -0.497 e. The maximum Gasteiger partial charge on any atom is 0.193 e. The fourth-order valence-corrected chi connectivity index (χ4v) is 3.40. The molecular formula is C17H21N3O3S. The van der Waals surface area contributed by atoms with Crippen LogP contribution in [0, 0.1) is 0 Å². The number of imidazole rings is 1. The Hall–Kier alpha value is -2.09. The normalized spacial score (nSPS) is 11.3. The quantitative estimate of drug-likeness (QED) is 0.678. The fourth-order valence-electron chi connectivity index (χ4n) is 2.68. The van der Waals surface area contributed by atoms with Crippen molar-refractivity contribution in [1.82, 2.24) is 14.3 Å². The van der Waals surface area contributed by atoms with Crippen LogP contribution >= 0.6 is 11.3 Å². The number of aliphatic hydroxyl groups is 1. The summed E-state index contributed by atoms with van der Waals surface area (Å²) >= 11 is 1.61. The lowest BCUT2D eigenvalue weighted by Crippen LogP contribution is -2.26. The van der Waals surface area contributed by atoms with Gasteiger partial charge in [0.1, 0.15) is 11.5 Å². The summed E-state index contributed by atoms with van der Waals surface area (Å²) < 4.78 is 12.8. The Morgan fingerprint density at radius 3 is 2.83 bits per heavy atom. The van der Waals surface area contributed by atoms with Gasteiger partial charge in [-0.1, -0.05) is 0 Å². The van der Waals surface area contributed by atoms with E-state index < -0.39 is 0 Å². The van der Waals surface area contributed by atoms with E-state index in [1.807, 2.05) is 40.4 Å². The molecule has 0 aliphatic rings. The molecule has 0 bridgehead atoms. The van der Waals surface area contributed by atoms with Gasteiger partial charge in [-0.25, -0.2) is 4.98 Å². The first-order valence-corrected chi connectivity index (χ1v) is 8.56. The summed E-state index contributed by atoms with van der Waals surface area (Å²) in [6, 6.07) is 5.75. The third-order valence-corrected chi connectivity index (χ3v) is 4.60. The Bertz CT molecular complexity index is 771. The molecule has 0 spiro atoms. The average Bonchev–Trinajstić information content (AvgIpc) is 3.16. The standard InChI is InChI=1S/C17H21N3O3S/c1-22-15-3-4-16(23-2)13(9-15)10-19(5-7-21)11-14-12-20-6-8-24-17(20)18-14/h3-4,6,8-9,12,21H,5,7,10-11H2,1-2H3. The zero-order chi connectivity index (χ0) is 16.9. The van der Waals surface area contributed by atoms with Crippen molar-refractivity contribution >= 4 is 16.3 Å². The van der Waals surface area contributed by atoms with Crippen LogP contribution in [0.25, 0.3) is 4.96 Å². The third kappa shape index (κ3) is 3.69. The van der Waals surface area contributed by atoms with Gasteiger partial charge in [0.2, 0.25) is 0 Å². The van der Waals surface area contributed by atoms with Gasteiger partial charge in [0, 0.05) is 43.0 Å². The van der Waals surface area contributed by atoms with Gasteiger partial charge in [-0.15, -0.1) is 11.3 Å². The van der Waals surface area contributed by atoms with Gasteiger partial charge in [-0.05, 0) is 18.2 Å². The zero-order valence-electron chi connectivity index (χ0n) is 13.8. The maximum absolute atomic E-state index is 9.40. The molecule has 0 saturated carbocycles. The molecular weight excluding hydrogens is 326 g/mol. The van der Waals surface area contributed by atoms with Crippen LogP contribution in [0.5, 0.6) is 11.5 Å². The number of benzene rings is 1. The highest BCUT2D eigenvalue weighted by Gasteiger charge is 2.13. The molecule has 0 atom stereocenters. The van der Waals surface area contributed by atoms with Gasteiger partial charge < -0.3 is 14.6 Å². The van der Waals surface area contributed by atoms with Gasteiger partial charge in [0.05, 0.1) is 26.5 Å². The smallest absolute Gasteiger partial charge is 0.193 e. The van der Waals surface area contributed by atoms with Crippen molar-refractivity contribution in [3.63, 3.8) is 0 Å². The van der Waals surface area contributed by atoms with Crippen molar-refractivity contribution in [3.8, 4) is 11.5 Å². The van der Waals surface area contributed by atoms with Gasteiger partial charge in [0.15, 0.2) is 4.96 Å². The van der Waals surface area contributed by atoms with Gasteiger partial charge >= 0.3 is 0 Å². The van der Waals surface area contributed by atoms with Crippen LogP contribution in [-0.2, 0) is 13.1 Å². The second kappa shape index (κ2) is 7.65. The lowest BCUT2D eigenvalue weighted by molar-refractivity contribution is 0.181. The first kappa shape index (κ1) is 16.8. The minimum absolute atomic E-state index is 0.0918. The number of hydrogen-bond acceptors (Lipinski definition) is 6. The second-order valence-corrected chi connectivity index (χ2v) is 6.31. The number of methoxy groups -OCH3 is 2. The van der Waals surface area contributed by atoms with E-state index in [0.29, 0.717) is 19.6 Å². The molecule has 2 aromatic heterocycles. The van der Waals surface area contributed by atoms with Crippen LogP contribution < -0.4 is 9.47 Å². The molecule has 0 fully saturated rings. The molecule has 3 aromatic rings. The molecule has 1 N–H and O–H groups in total. The molecule has 0 unspecified atom stereocenters. The minimum atomic E-state index is 0.0918. The number of fused-ring (bicyclic) bond motifs is 1. The lowest BCUT2D eigenvalue weighted by Gasteiger charge is -2.22. The van der Waals surface area contributed by atoms with Gasteiger partial charge in [-0.2, -0.15) is 0 Å². The molecule has 2 heterocycles. The molecule has 6 nitrogen and oxygen atoms in total. The highest BCUT2D eigenvalue weighted by atomic mass is 32.1. The zero-order valence-corrected chi connectivity index (χ0v) is 14.6. The summed E-state index contributed by atoms with van der Waals surface area (Å²) in [6.07, 6.45) is 4.02. The van der Waals surface area contributed by atoms with Crippen molar-refractivity contribution in [1.29, 1.82) is 0 Å². The molecule has 128 valence electrons. The Morgan fingerprint density at radius 1 is 1.25 bits per heavy atom. The van der Waals surface area contributed by atoms with E-state index >= 15 is 0 Å². The third-order valence-electron chi connectivity index (χ3n) is 3.83. The van der Waals surface area contributed by atoms with Crippen LogP contribution in [0.4, 0.5) is 0 Å². The van der Waals surface area contributed by atoms with E-state index in [-0.39, 0.29) is 6.61 Å². The first-order chi connectivity index (χ1) is 11.7. The highest BCUT2D eigenvalue weighted by Crippen LogP contribution is 2.26. The second-order valence-electron chi connectivity index (χ2n) is 5.44. The number of aliphatic hydroxyl groups excluding tert-OH is 1. The van der Waals surface area contributed by atoms with Crippen LogP contribution in [0.3, 0.4) is 0 Å². The summed E-state index contributed by atoms with van der Waals surface area (Å²) in [5.74, 6) is 1.60. The van der Waals surface area contributed by atoms with Crippen molar-refractivity contribution < 1.29 is 14.6 Å². The van der Waals surface area contributed by atoms with Crippen LogP contribution in [0.1, 0.15) is 11.3 Å². The fraction of sp³-hybridized carbons (Fsp3) is 0.353. The van der Waals surface area contributed by atoms with E-state index in [9.17, 15) is 5.11 Å². The van der Waals surface area contributed by atoms with Crippen LogP contribution in [-0.4, -0.2) is 46.8 Å². The number of thiazole rings is 1. The number of nitrogens with zero attached hydrogens (tertiary/aromatic N) is 3. The van der Waals surface area contributed by atoms with E-state index in [4.69, 9.17) is 9.47 Å². The number of ether oxygens (including phenoxy) is 2. The monoisotopic (exact) mass is 347 g/mol. The predicted molar refractivity (Wildman–Crippen MR) is 93.8 cm³/mol. The van der Waals surface area contributed by atoms with E-state index in [0.717, 1.165) is 27.7 Å². The van der Waals surface area contributed by atoms with Crippen molar-refractivity contribution in [3.05, 3.63) is 47.2 Å². The van der Waals surface area contributed by atoms with E-state index in [1.54, 1.807) is 25.6 Å². The van der Waals surface area contributed by atoms with Crippen molar-refractivity contribution in [2.45, 2.75) is 13.1 Å². The van der Waals surface area contributed by atoms with Crippen molar-refractivity contribution in [2.24, 2.45) is 0 Å². The SMILES string of the molecule is COc1ccc(OC)c(CN(CCO)Cc2cn3ccsc3n2)c1. The molecule has 7 heteroatoms. The summed E-state index contributed by atoms with van der Waals surface area (Å²) in [4.78, 5) is 7.74. The average molecular weight is 347 g/mol. The Labute approximate surface area is 144 Å². The molecule has 0 saturated heterocycles. The summed E-state index contributed by atoms with van der Waals surface area (Å²) in [5.41, 5.74) is 2.00.